The first-order valence-electron chi connectivity index (χ1n) is 6.96. The lowest BCUT2D eigenvalue weighted by atomic mass is 9.99. The Hall–Kier alpha value is -1.94. The summed E-state index contributed by atoms with van der Waals surface area (Å²) in [5.41, 5.74) is 0. The Kier molecular flexibility index (Phi) is 3.65. The highest BCUT2D eigenvalue weighted by molar-refractivity contribution is 5.83. The summed E-state index contributed by atoms with van der Waals surface area (Å²) in [4.78, 5) is 15.5. The molecule has 104 valence electrons. The molecule has 1 aliphatic heterocycles. The van der Waals surface area contributed by atoms with Crippen LogP contribution in [0, 0.1) is 0 Å². The molecule has 0 bridgehead atoms. The van der Waals surface area contributed by atoms with E-state index in [0.717, 1.165) is 35.9 Å². The van der Waals surface area contributed by atoms with Crippen LogP contribution in [0.25, 0.3) is 10.8 Å². The third-order valence-electron chi connectivity index (χ3n) is 3.76. The first kappa shape index (κ1) is 13.1. The molecule has 1 N–H and O–H groups in total. The van der Waals surface area contributed by atoms with Gasteiger partial charge in [-0.25, -0.2) is 0 Å². The summed E-state index contributed by atoms with van der Waals surface area (Å²) < 4.78 is 6.03. The number of piperidine rings is 1. The van der Waals surface area contributed by atoms with Gasteiger partial charge in [-0.05, 0) is 49.5 Å². The number of hydrogen-bond donors (Lipinski definition) is 1. The molecular weight excluding hydrogens is 252 g/mol. The van der Waals surface area contributed by atoms with E-state index in [1.54, 1.807) is 13.1 Å². The number of Topliss-reactive ketones (excluding diaryl/α,β-unsaturated/α-hetero) is 1. The van der Waals surface area contributed by atoms with E-state index in [4.69, 9.17) is 4.74 Å². The maximum atomic E-state index is 11.4. The number of nitrogens with zero attached hydrogens (tertiary/aromatic N) is 1. The highest BCUT2D eigenvalue weighted by Gasteiger charge is 2.25. The average Bonchev–Trinajstić information content (AvgIpc) is 2.47. The zero-order valence-electron chi connectivity index (χ0n) is 11.5. The summed E-state index contributed by atoms with van der Waals surface area (Å²) in [6, 6.07) is 7.92. The monoisotopic (exact) mass is 270 g/mol. The van der Waals surface area contributed by atoms with Gasteiger partial charge in [0.2, 0.25) is 0 Å². The van der Waals surface area contributed by atoms with Crippen LogP contribution in [0.3, 0.4) is 0 Å². The highest BCUT2D eigenvalue weighted by Crippen LogP contribution is 2.23. The van der Waals surface area contributed by atoms with Crippen molar-refractivity contribution < 1.29 is 9.53 Å². The quantitative estimate of drug-likeness (QED) is 0.930. The molecule has 1 aliphatic rings. The predicted octanol–water partition coefficient (Wildman–Crippen LogP) is 2.32. The van der Waals surface area contributed by atoms with Crippen molar-refractivity contribution in [3.05, 3.63) is 36.7 Å². The van der Waals surface area contributed by atoms with Gasteiger partial charge in [0.15, 0.2) is 0 Å². The lowest BCUT2D eigenvalue weighted by Crippen LogP contribution is -2.46. The molecule has 20 heavy (non-hydrogen) atoms. The fourth-order valence-corrected chi connectivity index (χ4v) is 2.63. The van der Waals surface area contributed by atoms with Crippen LogP contribution in [-0.4, -0.2) is 29.5 Å². The number of fused-ring (bicyclic) bond motifs is 1. The molecule has 4 nitrogen and oxygen atoms in total. The number of ether oxygens (including phenoxy) is 1. The second-order valence-electron chi connectivity index (χ2n) is 5.27. The predicted molar refractivity (Wildman–Crippen MR) is 77.9 cm³/mol. The lowest BCUT2D eigenvalue weighted by molar-refractivity contribution is -0.120. The number of carbonyl (C=O) groups is 1. The van der Waals surface area contributed by atoms with Crippen molar-refractivity contribution in [2.45, 2.75) is 31.9 Å². The molecule has 0 spiro atoms. The molecule has 4 heteroatoms. The van der Waals surface area contributed by atoms with Crippen LogP contribution in [0.15, 0.2) is 36.7 Å². The lowest BCUT2D eigenvalue weighted by Gasteiger charge is -2.29. The number of carbonyl (C=O) groups excluding carboxylic acids is 1. The van der Waals surface area contributed by atoms with Crippen LogP contribution in [0.5, 0.6) is 5.75 Å². The van der Waals surface area contributed by atoms with E-state index in [1.165, 1.54) is 0 Å². The molecule has 1 fully saturated rings. The minimum atomic E-state index is -0.0709. The second kappa shape index (κ2) is 5.59. The van der Waals surface area contributed by atoms with Crippen molar-refractivity contribution in [1.29, 1.82) is 0 Å². The van der Waals surface area contributed by atoms with Gasteiger partial charge in [-0.2, -0.15) is 0 Å². The third kappa shape index (κ3) is 2.80. The Labute approximate surface area is 118 Å². The smallest absolute Gasteiger partial charge is 0.146 e. The number of pyridine rings is 1. The summed E-state index contributed by atoms with van der Waals surface area (Å²) in [5.74, 6) is 1.04. The molecule has 1 saturated heterocycles. The zero-order valence-corrected chi connectivity index (χ0v) is 11.5. The average molecular weight is 270 g/mol. The van der Waals surface area contributed by atoms with Gasteiger partial charge in [-0.3, -0.25) is 9.78 Å². The molecule has 0 radical (unpaired) electrons. The molecule has 3 rings (SSSR count). The molecule has 0 amide bonds. The summed E-state index contributed by atoms with van der Waals surface area (Å²) in [7, 11) is 0. The third-order valence-corrected chi connectivity index (χ3v) is 3.76. The number of rotatable bonds is 3. The first-order chi connectivity index (χ1) is 9.72. The molecule has 0 unspecified atom stereocenters. The van der Waals surface area contributed by atoms with Crippen molar-refractivity contribution in [2.24, 2.45) is 0 Å². The van der Waals surface area contributed by atoms with Crippen LogP contribution < -0.4 is 10.1 Å². The number of aromatic nitrogens is 1. The summed E-state index contributed by atoms with van der Waals surface area (Å²) in [5, 5.41) is 5.45. The number of ketones is 1. The highest BCUT2D eigenvalue weighted by atomic mass is 16.5. The minimum absolute atomic E-state index is 0.0709. The van der Waals surface area contributed by atoms with Crippen LogP contribution in [0.4, 0.5) is 0 Å². The van der Waals surface area contributed by atoms with Gasteiger partial charge in [-0.15, -0.1) is 0 Å². The van der Waals surface area contributed by atoms with E-state index >= 15 is 0 Å². The molecule has 2 atom stereocenters. The van der Waals surface area contributed by atoms with Gasteiger partial charge in [0.05, 0.1) is 6.04 Å². The van der Waals surface area contributed by atoms with E-state index in [2.05, 4.69) is 10.3 Å². The van der Waals surface area contributed by atoms with Crippen LogP contribution in [-0.2, 0) is 4.79 Å². The van der Waals surface area contributed by atoms with E-state index in [-0.39, 0.29) is 17.9 Å². The van der Waals surface area contributed by atoms with Gasteiger partial charge in [0.25, 0.3) is 0 Å². The van der Waals surface area contributed by atoms with Crippen molar-refractivity contribution in [1.82, 2.24) is 10.3 Å². The first-order valence-corrected chi connectivity index (χ1v) is 6.96. The normalized spacial score (nSPS) is 22.6. The Balaban J connectivity index is 1.74. The Morgan fingerprint density at radius 1 is 1.35 bits per heavy atom. The molecule has 2 heterocycles. The fourth-order valence-electron chi connectivity index (χ4n) is 2.63. The van der Waals surface area contributed by atoms with Crippen molar-refractivity contribution >= 4 is 16.6 Å². The van der Waals surface area contributed by atoms with Crippen LogP contribution >= 0.6 is 0 Å². The molecule has 2 aromatic rings. The summed E-state index contributed by atoms with van der Waals surface area (Å²) in [6.07, 6.45) is 5.39. The van der Waals surface area contributed by atoms with Gasteiger partial charge < -0.3 is 10.1 Å². The van der Waals surface area contributed by atoms with Crippen molar-refractivity contribution in [3.63, 3.8) is 0 Å². The van der Waals surface area contributed by atoms with Crippen LogP contribution in [0.2, 0.25) is 0 Å². The van der Waals surface area contributed by atoms with Gasteiger partial charge >= 0.3 is 0 Å². The fraction of sp³-hybridized carbons (Fsp3) is 0.375. The topological polar surface area (TPSA) is 51.2 Å². The van der Waals surface area contributed by atoms with E-state index in [9.17, 15) is 4.79 Å². The molecule has 0 aliphatic carbocycles. The zero-order chi connectivity index (χ0) is 13.9. The minimum Gasteiger partial charge on any atom is -0.490 e. The van der Waals surface area contributed by atoms with Gasteiger partial charge in [0, 0.05) is 24.2 Å². The SMILES string of the molecule is CC(=O)[C@@H]1C[C@@H](Oc2ccc3cnccc3c2)CCN1. The van der Waals surface area contributed by atoms with Gasteiger partial charge in [0.1, 0.15) is 17.6 Å². The number of benzene rings is 1. The maximum Gasteiger partial charge on any atom is 0.146 e. The Bertz CT molecular complexity index is 627. The van der Waals surface area contributed by atoms with E-state index in [1.807, 2.05) is 30.5 Å². The second-order valence-corrected chi connectivity index (χ2v) is 5.27. The maximum absolute atomic E-state index is 11.4. The molecule has 0 saturated carbocycles. The largest absolute Gasteiger partial charge is 0.490 e. The molecule has 1 aromatic heterocycles. The number of hydrogen-bond acceptors (Lipinski definition) is 4. The molecule has 1 aromatic carbocycles. The standard InChI is InChI=1S/C16H18N2O2/c1-11(19)16-9-15(5-7-18-16)20-14-3-2-13-10-17-6-4-12(13)8-14/h2-4,6,8,10,15-16,18H,5,7,9H2,1H3/t15-,16-/m0/s1. The summed E-state index contributed by atoms with van der Waals surface area (Å²) in [6.45, 7) is 2.45. The van der Waals surface area contributed by atoms with E-state index < -0.39 is 0 Å². The van der Waals surface area contributed by atoms with Gasteiger partial charge in [-0.1, -0.05) is 0 Å². The number of nitrogens with one attached hydrogen (secondary N) is 1. The van der Waals surface area contributed by atoms with E-state index in [0.29, 0.717) is 0 Å². The van der Waals surface area contributed by atoms with Crippen molar-refractivity contribution in [2.75, 3.05) is 6.54 Å². The Morgan fingerprint density at radius 2 is 2.25 bits per heavy atom. The Morgan fingerprint density at radius 3 is 3.10 bits per heavy atom. The molecular formula is C16H18N2O2. The van der Waals surface area contributed by atoms with Crippen molar-refractivity contribution in [3.8, 4) is 5.75 Å². The summed E-state index contributed by atoms with van der Waals surface area (Å²) >= 11 is 0. The van der Waals surface area contributed by atoms with Crippen LogP contribution in [0.1, 0.15) is 19.8 Å².